The molecule has 0 bridgehead atoms. The second-order valence-corrected chi connectivity index (χ2v) is 9.73. The van der Waals surface area contributed by atoms with Crippen LogP contribution in [0.15, 0.2) is 34.1 Å². The van der Waals surface area contributed by atoms with Crippen LogP contribution in [0.2, 0.25) is 0 Å². The van der Waals surface area contributed by atoms with Gasteiger partial charge < -0.3 is 14.5 Å². The van der Waals surface area contributed by atoms with Gasteiger partial charge in [-0.2, -0.15) is 0 Å². The maximum absolute atomic E-state index is 13.2. The molecule has 0 unspecified atom stereocenters. The van der Waals surface area contributed by atoms with Crippen LogP contribution in [0.4, 0.5) is 0 Å². The highest BCUT2D eigenvalue weighted by molar-refractivity contribution is 7.09. The molecule has 3 aromatic rings. The molecular weight excluding hydrogens is 398 g/mol. The number of thiophene rings is 1. The second-order valence-electron chi connectivity index (χ2n) is 8.70. The Labute approximate surface area is 179 Å². The summed E-state index contributed by atoms with van der Waals surface area (Å²) in [6.45, 7) is 4.55. The fraction of sp³-hybridized carbons (Fsp3) is 0.417. The number of Topliss-reactive ketones (excluding diaryl/α,β-unsaturated/α-hetero) is 1. The Morgan fingerprint density at radius 2 is 2.07 bits per heavy atom. The summed E-state index contributed by atoms with van der Waals surface area (Å²) in [4.78, 5) is 27.1. The van der Waals surface area contributed by atoms with Gasteiger partial charge in [-0.3, -0.25) is 9.59 Å². The highest BCUT2D eigenvalue weighted by Crippen LogP contribution is 2.46. The standard InChI is InChI=1S/C24H25NO4S/c1-14-7-9-24(10-8-14)12-17(26)21-19(29-24)6-5-18-20(21)15(2)22(28-18)23(27)25-13-16-4-3-11-30-16/h3-6,11,14H,7-10,12-13H2,1-2H3,(H,25,27). The molecule has 0 atom stereocenters. The van der Waals surface area contributed by atoms with Crippen LogP contribution in [0.1, 0.15) is 70.4 Å². The number of furan rings is 1. The molecule has 6 heteroatoms. The Kier molecular flexibility index (Phi) is 4.69. The number of benzene rings is 1. The zero-order chi connectivity index (χ0) is 20.9. The number of nitrogens with one attached hydrogen (secondary N) is 1. The average molecular weight is 424 g/mol. The van der Waals surface area contributed by atoms with Crippen LogP contribution < -0.4 is 10.1 Å². The third-order valence-electron chi connectivity index (χ3n) is 6.54. The molecule has 2 aromatic heterocycles. The zero-order valence-corrected chi connectivity index (χ0v) is 18.1. The molecule has 1 aliphatic carbocycles. The minimum atomic E-state index is -0.372. The fourth-order valence-corrected chi connectivity index (χ4v) is 5.42. The molecule has 2 aliphatic rings. The predicted molar refractivity (Wildman–Crippen MR) is 116 cm³/mol. The molecule has 5 rings (SSSR count). The van der Waals surface area contributed by atoms with Gasteiger partial charge in [0.25, 0.3) is 5.91 Å². The number of carbonyl (C=O) groups is 2. The molecule has 1 spiro atoms. The molecule has 0 saturated heterocycles. The second kappa shape index (κ2) is 7.27. The van der Waals surface area contributed by atoms with E-state index < -0.39 is 0 Å². The van der Waals surface area contributed by atoms with Crippen molar-refractivity contribution >= 4 is 34.0 Å². The Morgan fingerprint density at radius 3 is 2.80 bits per heavy atom. The summed E-state index contributed by atoms with van der Waals surface area (Å²) in [5, 5.41) is 5.59. The molecule has 1 N–H and O–H groups in total. The van der Waals surface area contributed by atoms with Gasteiger partial charge in [0.1, 0.15) is 16.9 Å². The molecule has 156 valence electrons. The van der Waals surface area contributed by atoms with Crippen molar-refractivity contribution < 1.29 is 18.7 Å². The summed E-state index contributed by atoms with van der Waals surface area (Å²) in [6, 6.07) is 7.57. The number of ketones is 1. The molecule has 1 amide bonds. The highest BCUT2D eigenvalue weighted by atomic mass is 32.1. The SMILES string of the molecule is Cc1c(C(=O)NCc2cccs2)oc2ccc3c(c12)C(=O)CC1(CCC(C)CC1)O3. The number of ether oxygens (including phenoxy) is 1. The van der Waals surface area contributed by atoms with Crippen molar-refractivity contribution in [2.24, 2.45) is 5.92 Å². The van der Waals surface area contributed by atoms with E-state index in [9.17, 15) is 9.59 Å². The minimum Gasteiger partial charge on any atom is -0.486 e. The first-order valence-corrected chi connectivity index (χ1v) is 11.4. The van der Waals surface area contributed by atoms with Crippen molar-refractivity contribution in [1.29, 1.82) is 0 Å². The Hall–Kier alpha value is -2.60. The lowest BCUT2D eigenvalue weighted by atomic mass is 9.74. The number of rotatable bonds is 3. The summed E-state index contributed by atoms with van der Waals surface area (Å²) in [5.41, 5.74) is 1.44. The van der Waals surface area contributed by atoms with E-state index in [1.807, 2.05) is 36.6 Å². The van der Waals surface area contributed by atoms with E-state index in [0.29, 0.717) is 46.7 Å². The van der Waals surface area contributed by atoms with Gasteiger partial charge in [0.2, 0.25) is 0 Å². The molecule has 0 radical (unpaired) electrons. The molecule has 1 aromatic carbocycles. The summed E-state index contributed by atoms with van der Waals surface area (Å²) in [5.74, 6) is 1.39. The van der Waals surface area contributed by atoms with Gasteiger partial charge >= 0.3 is 0 Å². The van der Waals surface area contributed by atoms with Crippen LogP contribution in [0.25, 0.3) is 11.0 Å². The quantitative estimate of drug-likeness (QED) is 0.591. The third kappa shape index (κ3) is 3.23. The Bertz CT molecular complexity index is 1120. The van der Waals surface area contributed by atoms with Gasteiger partial charge in [0.05, 0.1) is 18.5 Å². The van der Waals surface area contributed by atoms with Crippen molar-refractivity contribution in [3.8, 4) is 5.75 Å². The number of carbonyl (C=O) groups excluding carboxylic acids is 2. The first-order valence-electron chi connectivity index (χ1n) is 10.5. The van der Waals surface area contributed by atoms with E-state index in [1.165, 1.54) is 0 Å². The van der Waals surface area contributed by atoms with Crippen molar-refractivity contribution in [3.63, 3.8) is 0 Å². The summed E-state index contributed by atoms with van der Waals surface area (Å²) < 4.78 is 12.3. The van der Waals surface area contributed by atoms with Gasteiger partial charge in [0.15, 0.2) is 11.5 Å². The first kappa shape index (κ1) is 19.4. The third-order valence-corrected chi connectivity index (χ3v) is 7.42. The molecule has 3 heterocycles. The normalized spacial score (nSPS) is 23.4. The van der Waals surface area contributed by atoms with Gasteiger partial charge in [-0.25, -0.2) is 0 Å². The molecule has 1 aliphatic heterocycles. The van der Waals surface area contributed by atoms with E-state index in [-0.39, 0.29) is 23.1 Å². The average Bonchev–Trinajstić information content (AvgIpc) is 3.37. The molecule has 5 nitrogen and oxygen atoms in total. The summed E-state index contributed by atoms with van der Waals surface area (Å²) >= 11 is 1.59. The van der Waals surface area contributed by atoms with Crippen LogP contribution in [-0.2, 0) is 6.54 Å². The molecule has 1 saturated carbocycles. The first-order chi connectivity index (χ1) is 14.5. The number of hydrogen-bond acceptors (Lipinski definition) is 5. The smallest absolute Gasteiger partial charge is 0.287 e. The van der Waals surface area contributed by atoms with Crippen molar-refractivity contribution in [2.75, 3.05) is 0 Å². The van der Waals surface area contributed by atoms with E-state index in [2.05, 4.69) is 12.2 Å². The molecular formula is C24H25NO4S. The predicted octanol–water partition coefficient (Wildman–Crippen LogP) is 5.65. The van der Waals surface area contributed by atoms with Crippen LogP contribution in [-0.4, -0.2) is 17.3 Å². The fourth-order valence-electron chi connectivity index (χ4n) is 4.78. The largest absolute Gasteiger partial charge is 0.486 e. The lowest BCUT2D eigenvalue weighted by molar-refractivity contribution is 0.00430. The zero-order valence-electron chi connectivity index (χ0n) is 17.2. The lowest BCUT2D eigenvalue weighted by Gasteiger charge is -2.42. The van der Waals surface area contributed by atoms with Gasteiger partial charge in [0, 0.05) is 15.8 Å². The molecule has 30 heavy (non-hydrogen) atoms. The lowest BCUT2D eigenvalue weighted by Crippen LogP contribution is -2.44. The monoisotopic (exact) mass is 423 g/mol. The van der Waals surface area contributed by atoms with Crippen molar-refractivity contribution in [2.45, 2.75) is 58.1 Å². The van der Waals surface area contributed by atoms with Crippen LogP contribution in [0.3, 0.4) is 0 Å². The number of hydrogen-bond donors (Lipinski definition) is 1. The van der Waals surface area contributed by atoms with E-state index in [1.54, 1.807) is 11.3 Å². The van der Waals surface area contributed by atoms with E-state index >= 15 is 0 Å². The maximum Gasteiger partial charge on any atom is 0.287 e. The summed E-state index contributed by atoms with van der Waals surface area (Å²) in [6.07, 6.45) is 4.40. The minimum absolute atomic E-state index is 0.0887. The van der Waals surface area contributed by atoms with Crippen LogP contribution in [0, 0.1) is 12.8 Å². The van der Waals surface area contributed by atoms with Crippen LogP contribution in [0.5, 0.6) is 5.75 Å². The summed E-state index contributed by atoms with van der Waals surface area (Å²) in [7, 11) is 0. The van der Waals surface area contributed by atoms with Crippen LogP contribution >= 0.6 is 11.3 Å². The Morgan fingerprint density at radius 1 is 1.27 bits per heavy atom. The van der Waals surface area contributed by atoms with E-state index in [0.717, 1.165) is 30.6 Å². The number of fused-ring (bicyclic) bond motifs is 3. The number of aryl methyl sites for hydroxylation is 1. The topological polar surface area (TPSA) is 68.5 Å². The highest BCUT2D eigenvalue weighted by Gasteiger charge is 2.43. The van der Waals surface area contributed by atoms with Gasteiger partial charge in [-0.1, -0.05) is 13.0 Å². The van der Waals surface area contributed by atoms with Gasteiger partial charge in [-0.15, -0.1) is 11.3 Å². The molecule has 1 fully saturated rings. The van der Waals surface area contributed by atoms with E-state index in [4.69, 9.17) is 9.15 Å². The van der Waals surface area contributed by atoms with Gasteiger partial charge in [-0.05, 0) is 62.1 Å². The van der Waals surface area contributed by atoms with Crippen molar-refractivity contribution in [3.05, 3.63) is 51.4 Å². The maximum atomic E-state index is 13.2. The Balaban J connectivity index is 1.47. The number of amides is 1. The van der Waals surface area contributed by atoms with Crippen molar-refractivity contribution in [1.82, 2.24) is 5.32 Å².